The van der Waals surface area contributed by atoms with Gasteiger partial charge in [0.1, 0.15) is 5.56 Å². The minimum atomic E-state index is -5.17. The zero-order valence-electron chi connectivity index (χ0n) is 8.35. The van der Waals surface area contributed by atoms with Crippen LogP contribution in [-0.2, 0) is 9.68 Å². The second-order valence-corrected chi connectivity index (χ2v) is 3.29. The lowest BCUT2D eigenvalue weighted by molar-refractivity contribution is -0.261. The van der Waals surface area contributed by atoms with E-state index in [0.717, 1.165) is 12.1 Å². The molecule has 1 atom stereocenters. The Balaban J connectivity index is 2.32. The number of alkyl halides is 4. The highest BCUT2D eigenvalue weighted by Crippen LogP contribution is 2.40. The van der Waals surface area contributed by atoms with Crippen molar-refractivity contribution >= 4 is 11.6 Å². The number of carbonyl (C=O) groups excluding carboxylic acids is 1. The average molecular weight is 269 g/mol. The second kappa shape index (κ2) is 4.09. The van der Waals surface area contributed by atoms with Crippen LogP contribution >= 0.6 is 0 Å². The van der Waals surface area contributed by atoms with Crippen LogP contribution in [0, 0.1) is 5.82 Å². The van der Waals surface area contributed by atoms with Crippen LogP contribution in [0.15, 0.2) is 12.1 Å². The van der Waals surface area contributed by atoms with Gasteiger partial charge in [-0.25, -0.2) is 8.78 Å². The lowest BCUT2D eigenvalue weighted by Crippen LogP contribution is -2.30. The standard InChI is InChI=1S/C9H4F5NO3/c10-6-3(15-8(16)9(12,13)14)1-2-4-5(6)7(11)18-17-4/h1-2,7H,(H,15,16). The molecule has 1 aromatic carbocycles. The first-order valence-electron chi connectivity index (χ1n) is 4.48. The molecule has 1 heterocycles. The Bertz CT molecular complexity index is 502. The van der Waals surface area contributed by atoms with E-state index in [2.05, 4.69) is 9.78 Å². The Labute approximate surface area is 96.2 Å². The summed E-state index contributed by atoms with van der Waals surface area (Å²) in [5.41, 5.74) is -1.51. The molecule has 0 saturated heterocycles. The quantitative estimate of drug-likeness (QED) is 0.629. The van der Waals surface area contributed by atoms with Gasteiger partial charge in [0.15, 0.2) is 11.6 Å². The minimum Gasteiger partial charge on any atom is -0.334 e. The van der Waals surface area contributed by atoms with Crippen LogP contribution in [-0.4, -0.2) is 12.1 Å². The largest absolute Gasteiger partial charge is 0.471 e. The summed E-state index contributed by atoms with van der Waals surface area (Å²) in [5.74, 6) is -4.04. The van der Waals surface area contributed by atoms with Crippen molar-refractivity contribution in [2.24, 2.45) is 0 Å². The molecule has 1 aliphatic heterocycles. The number of halogens is 5. The van der Waals surface area contributed by atoms with Crippen molar-refractivity contribution in [1.29, 1.82) is 0 Å². The van der Waals surface area contributed by atoms with Crippen LogP contribution < -0.4 is 10.2 Å². The Kier molecular flexibility index (Phi) is 2.85. The van der Waals surface area contributed by atoms with Crippen molar-refractivity contribution in [3.05, 3.63) is 23.5 Å². The van der Waals surface area contributed by atoms with Crippen LogP contribution in [0.25, 0.3) is 0 Å². The smallest absolute Gasteiger partial charge is 0.334 e. The molecule has 1 aromatic rings. The van der Waals surface area contributed by atoms with Gasteiger partial charge in [0.05, 0.1) is 5.69 Å². The number of carbonyl (C=O) groups is 1. The molecule has 0 aromatic heterocycles. The van der Waals surface area contributed by atoms with E-state index in [0.29, 0.717) is 0 Å². The number of fused-ring (bicyclic) bond motifs is 1. The number of benzene rings is 1. The molecule has 0 radical (unpaired) electrons. The fourth-order valence-corrected chi connectivity index (χ4v) is 1.29. The fourth-order valence-electron chi connectivity index (χ4n) is 1.29. The molecule has 0 spiro atoms. The molecule has 1 aliphatic rings. The lowest BCUT2D eigenvalue weighted by atomic mass is 10.1. The van der Waals surface area contributed by atoms with Crippen LogP contribution in [0.1, 0.15) is 11.9 Å². The minimum absolute atomic E-state index is 0.301. The molecule has 1 N–H and O–H groups in total. The van der Waals surface area contributed by atoms with Crippen LogP contribution in [0.2, 0.25) is 0 Å². The van der Waals surface area contributed by atoms with Crippen molar-refractivity contribution in [3.8, 4) is 5.75 Å². The number of hydrogen-bond acceptors (Lipinski definition) is 3. The maximum atomic E-state index is 13.6. The summed E-state index contributed by atoms with van der Waals surface area (Å²) in [6.45, 7) is 0. The Hall–Kier alpha value is -1.90. The highest BCUT2D eigenvalue weighted by Gasteiger charge is 2.40. The van der Waals surface area contributed by atoms with Crippen LogP contribution in [0.3, 0.4) is 0 Å². The molecule has 1 unspecified atom stereocenters. The summed E-state index contributed by atoms with van der Waals surface area (Å²) in [6, 6.07) is 1.78. The molecule has 0 saturated carbocycles. The van der Waals surface area contributed by atoms with E-state index in [1.807, 2.05) is 0 Å². The van der Waals surface area contributed by atoms with E-state index >= 15 is 0 Å². The third-order valence-corrected chi connectivity index (χ3v) is 2.09. The van der Waals surface area contributed by atoms with Gasteiger partial charge in [-0.2, -0.15) is 13.2 Å². The topological polar surface area (TPSA) is 47.6 Å². The van der Waals surface area contributed by atoms with Crippen molar-refractivity contribution in [1.82, 2.24) is 0 Å². The maximum absolute atomic E-state index is 13.6. The first kappa shape index (κ1) is 12.6. The summed E-state index contributed by atoms with van der Waals surface area (Å²) >= 11 is 0. The summed E-state index contributed by atoms with van der Waals surface area (Å²) in [7, 11) is 0. The molecule has 98 valence electrons. The zero-order valence-corrected chi connectivity index (χ0v) is 8.35. The van der Waals surface area contributed by atoms with E-state index < -0.39 is 35.5 Å². The predicted molar refractivity (Wildman–Crippen MR) is 46.6 cm³/mol. The van der Waals surface area contributed by atoms with Gasteiger partial charge in [-0.3, -0.25) is 4.79 Å². The maximum Gasteiger partial charge on any atom is 0.471 e. The highest BCUT2D eigenvalue weighted by atomic mass is 19.4. The predicted octanol–water partition coefficient (Wildman–Crippen LogP) is 2.62. The summed E-state index contributed by atoms with van der Waals surface area (Å²) in [4.78, 5) is 18.9. The van der Waals surface area contributed by atoms with E-state index in [1.54, 1.807) is 0 Å². The summed E-state index contributed by atoms with van der Waals surface area (Å²) in [6.07, 6.45) is -7.43. The molecular weight excluding hydrogens is 265 g/mol. The fraction of sp³-hybridized carbons (Fsp3) is 0.222. The van der Waals surface area contributed by atoms with Gasteiger partial charge >= 0.3 is 12.1 Å². The van der Waals surface area contributed by atoms with Crippen molar-refractivity contribution in [2.75, 3.05) is 5.32 Å². The monoisotopic (exact) mass is 269 g/mol. The third-order valence-electron chi connectivity index (χ3n) is 2.09. The molecule has 2 rings (SSSR count). The molecule has 18 heavy (non-hydrogen) atoms. The molecule has 0 aliphatic carbocycles. The number of hydrogen-bond donors (Lipinski definition) is 1. The molecule has 0 fully saturated rings. The van der Waals surface area contributed by atoms with E-state index in [9.17, 15) is 26.7 Å². The van der Waals surface area contributed by atoms with Gasteiger partial charge in [-0.15, -0.1) is 4.89 Å². The first-order valence-corrected chi connectivity index (χ1v) is 4.48. The number of anilines is 1. The van der Waals surface area contributed by atoms with Crippen LogP contribution in [0.4, 0.5) is 27.6 Å². The molecule has 0 bridgehead atoms. The second-order valence-electron chi connectivity index (χ2n) is 3.29. The first-order chi connectivity index (χ1) is 8.30. The third kappa shape index (κ3) is 2.08. The highest BCUT2D eigenvalue weighted by molar-refractivity contribution is 5.95. The normalized spacial score (nSPS) is 18.2. The van der Waals surface area contributed by atoms with Gasteiger partial charge in [0.25, 0.3) is 6.36 Å². The van der Waals surface area contributed by atoms with Crippen molar-refractivity contribution in [3.63, 3.8) is 0 Å². The van der Waals surface area contributed by atoms with E-state index in [-0.39, 0.29) is 5.75 Å². The van der Waals surface area contributed by atoms with Gasteiger partial charge < -0.3 is 10.2 Å². The molecule has 9 heteroatoms. The van der Waals surface area contributed by atoms with Gasteiger partial charge in [-0.1, -0.05) is 0 Å². The Morgan fingerprint density at radius 2 is 2.00 bits per heavy atom. The van der Waals surface area contributed by atoms with Gasteiger partial charge in [0, 0.05) is 0 Å². The van der Waals surface area contributed by atoms with Crippen molar-refractivity contribution < 1.29 is 36.5 Å². The summed E-state index contributed by atoms with van der Waals surface area (Å²) in [5, 5.41) is 1.28. The van der Waals surface area contributed by atoms with Crippen molar-refractivity contribution in [2.45, 2.75) is 12.5 Å². The van der Waals surface area contributed by atoms with Gasteiger partial charge in [-0.05, 0) is 12.1 Å². The SMILES string of the molecule is O=C(Nc1ccc2c(c1F)C(F)OO2)C(F)(F)F. The number of nitrogens with one attached hydrogen (secondary N) is 1. The van der Waals surface area contributed by atoms with Gasteiger partial charge in [0.2, 0.25) is 0 Å². The van der Waals surface area contributed by atoms with Crippen LogP contribution in [0.5, 0.6) is 5.75 Å². The molecular formula is C9H4F5NO3. The average Bonchev–Trinajstić information content (AvgIpc) is 2.63. The Morgan fingerprint density at radius 1 is 1.33 bits per heavy atom. The zero-order chi connectivity index (χ0) is 13.5. The molecule has 1 amide bonds. The van der Waals surface area contributed by atoms with E-state index in [4.69, 9.17) is 0 Å². The van der Waals surface area contributed by atoms with E-state index in [1.165, 1.54) is 5.32 Å². The lowest BCUT2D eigenvalue weighted by Gasteiger charge is -2.09. The number of amides is 1. The summed E-state index contributed by atoms with van der Waals surface area (Å²) < 4.78 is 62.5. The molecule has 4 nitrogen and oxygen atoms in total. The Morgan fingerprint density at radius 3 is 2.61 bits per heavy atom. The number of rotatable bonds is 1.